The van der Waals surface area contributed by atoms with Gasteiger partial charge in [-0.25, -0.2) is 5.43 Å². The maximum Gasteiger partial charge on any atom is 0.573 e. The highest BCUT2D eigenvalue weighted by Crippen LogP contribution is 2.30. The van der Waals surface area contributed by atoms with Crippen molar-refractivity contribution in [3.8, 4) is 5.75 Å². The zero-order valence-corrected chi connectivity index (χ0v) is 15.5. The van der Waals surface area contributed by atoms with Crippen molar-refractivity contribution in [2.45, 2.75) is 17.4 Å². The zero-order chi connectivity index (χ0) is 20.0. The first-order valence-corrected chi connectivity index (χ1v) is 8.60. The van der Waals surface area contributed by atoms with Crippen LogP contribution in [0.15, 0.2) is 47.4 Å². The van der Waals surface area contributed by atoms with Crippen LogP contribution in [0.2, 0.25) is 0 Å². The van der Waals surface area contributed by atoms with Crippen LogP contribution in [0.1, 0.15) is 11.7 Å². The molecule has 1 unspecified atom stereocenters. The Morgan fingerprint density at radius 2 is 1.81 bits per heavy atom. The Balaban J connectivity index is 2.23. The van der Waals surface area contributed by atoms with Gasteiger partial charge in [0.15, 0.2) is 0 Å². The smallest absolute Gasteiger partial charge is 0.406 e. The zero-order valence-electron chi connectivity index (χ0n) is 14.7. The molecule has 0 aromatic heterocycles. The normalized spacial score (nSPS) is 12.9. The summed E-state index contributed by atoms with van der Waals surface area (Å²) in [7, 11) is 3.41. The molecule has 0 bridgehead atoms. The molecule has 2 aromatic carbocycles. The topological polar surface area (TPSA) is 101 Å². The quantitative estimate of drug-likeness (QED) is 0.199. The first kappa shape index (κ1) is 21.3. The summed E-state index contributed by atoms with van der Waals surface area (Å²) in [5.74, 6) is 5.30. The lowest BCUT2D eigenvalue weighted by atomic mass is 10.1. The molecular weight excluding hydrogens is 381 g/mol. The lowest BCUT2D eigenvalue weighted by molar-refractivity contribution is -0.274. The van der Waals surface area contributed by atoms with Gasteiger partial charge in [-0.3, -0.25) is 10.6 Å². The van der Waals surface area contributed by atoms with Gasteiger partial charge in [0.1, 0.15) is 5.75 Å². The van der Waals surface area contributed by atoms with E-state index in [1.807, 2.05) is 18.2 Å². The van der Waals surface area contributed by atoms with Gasteiger partial charge in [0.2, 0.25) is 0 Å². The highest BCUT2D eigenvalue weighted by molar-refractivity contribution is 7.97. The number of benzene rings is 2. The molecule has 0 radical (unpaired) electrons. The summed E-state index contributed by atoms with van der Waals surface area (Å²) in [4.78, 5) is 0.934. The molecular formula is C16H21F3N6OS. The number of halogens is 3. The predicted octanol–water partition coefficient (Wildman–Crippen LogP) is 2.82. The number of anilines is 2. The van der Waals surface area contributed by atoms with Crippen molar-refractivity contribution in [3.05, 3.63) is 48.0 Å². The van der Waals surface area contributed by atoms with E-state index in [9.17, 15) is 13.2 Å². The third-order valence-corrected chi connectivity index (χ3v) is 3.98. The summed E-state index contributed by atoms with van der Waals surface area (Å²) in [6, 6.07) is 11.0. The molecule has 0 fully saturated rings. The first-order valence-electron chi connectivity index (χ1n) is 7.78. The summed E-state index contributed by atoms with van der Waals surface area (Å²) in [5.41, 5.74) is 11.0. The second-order valence-corrected chi connectivity index (χ2v) is 6.55. The minimum atomic E-state index is -4.73. The molecule has 27 heavy (non-hydrogen) atoms. The van der Waals surface area contributed by atoms with Crippen LogP contribution in [-0.4, -0.2) is 25.6 Å². The summed E-state index contributed by atoms with van der Waals surface area (Å²) < 4.78 is 43.6. The van der Waals surface area contributed by atoms with E-state index >= 15 is 0 Å². The maximum atomic E-state index is 12.3. The molecule has 0 aliphatic heterocycles. The fourth-order valence-electron chi connectivity index (χ4n) is 2.28. The SMILES string of the molecule is CNSc1ccc(Nc2ccc(OC(F)(F)F)cc2)c(C(N)NN(C)N)c1. The number of nitrogens with two attached hydrogens (primary N) is 2. The number of ether oxygens (including phenoxy) is 1. The van der Waals surface area contributed by atoms with Crippen LogP contribution in [-0.2, 0) is 0 Å². The average molecular weight is 402 g/mol. The number of nitrogens with zero attached hydrogens (tertiary/aromatic N) is 1. The minimum absolute atomic E-state index is 0.294. The summed E-state index contributed by atoms with van der Waals surface area (Å²) in [5, 5.41) is 4.39. The lowest BCUT2D eigenvalue weighted by Gasteiger charge is -2.23. The summed E-state index contributed by atoms with van der Waals surface area (Å²) in [6.45, 7) is 0. The van der Waals surface area contributed by atoms with Gasteiger partial charge >= 0.3 is 6.36 Å². The van der Waals surface area contributed by atoms with Gasteiger partial charge in [0.05, 0.1) is 6.17 Å². The molecule has 148 valence electrons. The van der Waals surface area contributed by atoms with Gasteiger partial charge in [-0.05, 0) is 61.5 Å². The average Bonchev–Trinajstić information content (AvgIpc) is 2.56. The Hall–Kier alpha value is -2.02. The monoisotopic (exact) mass is 402 g/mol. The maximum absolute atomic E-state index is 12.3. The highest BCUT2D eigenvalue weighted by Gasteiger charge is 2.30. The molecule has 7 N–H and O–H groups in total. The molecule has 0 saturated carbocycles. The Morgan fingerprint density at radius 3 is 2.37 bits per heavy atom. The van der Waals surface area contributed by atoms with Gasteiger partial charge in [-0.1, -0.05) is 0 Å². The summed E-state index contributed by atoms with van der Waals surface area (Å²) >= 11 is 1.42. The van der Waals surface area contributed by atoms with Crippen molar-refractivity contribution >= 4 is 23.3 Å². The van der Waals surface area contributed by atoms with Crippen LogP contribution in [0.3, 0.4) is 0 Å². The van der Waals surface area contributed by atoms with Crippen LogP contribution < -0.4 is 31.8 Å². The van der Waals surface area contributed by atoms with Crippen molar-refractivity contribution in [3.63, 3.8) is 0 Å². The second kappa shape index (κ2) is 9.26. The minimum Gasteiger partial charge on any atom is -0.406 e. The Bertz CT molecular complexity index is 742. The molecule has 1 atom stereocenters. The number of alkyl halides is 3. The van der Waals surface area contributed by atoms with E-state index in [1.165, 1.54) is 41.3 Å². The van der Waals surface area contributed by atoms with Gasteiger partial charge in [-0.15, -0.1) is 13.2 Å². The van der Waals surface area contributed by atoms with Crippen molar-refractivity contribution in [1.29, 1.82) is 0 Å². The third-order valence-electron chi connectivity index (χ3n) is 3.29. The molecule has 0 heterocycles. The number of rotatable bonds is 8. The Morgan fingerprint density at radius 1 is 1.15 bits per heavy atom. The number of hydrogen-bond donors (Lipinski definition) is 5. The van der Waals surface area contributed by atoms with Gasteiger partial charge in [0, 0.05) is 28.9 Å². The van der Waals surface area contributed by atoms with E-state index in [2.05, 4.69) is 20.2 Å². The van der Waals surface area contributed by atoms with Crippen LogP contribution >= 0.6 is 11.9 Å². The van der Waals surface area contributed by atoms with Crippen LogP contribution in [0.25, 0.3) is 0 Å². The van der Waals surface area contributed by atoms with Crippen molar-refractivity contribution in [1.82, 2.24) is 15.3 Å². The standard InChI is InChI=1S/C16H21F3N6OS/c1-22-27-12-7-8-14(13(9-12)15(20)24-25(2)21)23-10-3-5-11(6-4-10)26-16(17,18)19/h3-9,15,22-24H,20-21H2,1-2H3. The van der Waals surface area contributed by atoms with E-state index in [0.717, 1.165) is 10.5 Å². The predicted molar refractivity (Wildman–Crippen MR) is 99.8 cm³/mol. The van der Waals surface area contributed by atoms with Crippen LogP contribution in [0.4, 0.5) is 24.5 Å². The van der Waals surface area contributed by atoms with Crippen molar-refractivity contribution in [2.24, 2.45) is 11.6 Å². The van der Waals surface area contributed by atoms with Crippen molar-refractivity contribution < 1.29 is 17.9 Å². The van der Waals surface area contributed by atoms with E-state index < -0.39 is 12.5 Å². The third kappa shape index (κ3) is 6.90. The fraction of sp³-hybridized carbons (Fsp3) is 0.250. The van der Waals surface area contributed by atoms with E-state index in [1.54, 1.807) is 14.1 Å². The van der Waals surface area contributed by atoms with Crippen LogP contribution in [0, 0.1) is 0 Å². The van der Waals surface area contributed by atoms with Gasteiger partial charge in [0.25, 0.3) is 0 Å². The Labute approximate surface area is 159 Å². The van der Waals surface area contributed by atoms with E-state index in [4.69, 9.17) is 11.6 Å². The lowest BCUT2D eigenvalue weighted by Crippen LogP contribution is -2.45. The largest absolute Gasteiger partial charge is 0.573 e. The number of hydrazine groups is 2. The molecule has 7 nitrogen and oxygen atoms in total. The first-order chi connectivity index (χ1) is 12.7. The van der Waals surface area contributed by atoms with Crippen molar-refractivity contribution in [2.75, 3.05) is 19.4 Å². The number of hydrogen-bond acceptors (Lipinski definition) is 8. The van der Waals surface area contributed by atoms with E-state index in [0.29, 0.717) is 11.4 Å². The van der Waals surface area contributed by atoms with Gasteiger partial charge in [-0.2, -0.15) is 5.12 Å². The molecule has 2 rings (SSSR count). The molecule has 0 amide bonds. The molecule has 0 aliphatic carbocycles. The molecule has 0 aliphatic rings. The van der Waals surface area contributed by atoms with Crippen LogP contribution in [0.5, 0.6) is 5.75 Å². The molecule has 2 aromatic rings. The van der Waals surface area contributed by atoms with E-state index in [-0.39, 0.29) is 5.75 Å². The number of nitrogens with one attached hydrogen (secondary N) is 3. The summed E-state index contributed by atoms with van der Waals surface area (Å²) in [6.07, 6.45) is -5.33. The second-order valence-electron chi connectivity index (χ2n) is 5.47. The molecule has 0 saturated heterocycles. The van der Waals surface area contributed by atoms with Gasteiger partial charge < -0.3 is 15.8 Å². The Kier molecular flexibility index (Phi) is 7.30. The fourth-order valence-corrected chi connectivity index (χ4v) is 2.84. The highest BCUT2D eigenvalue weighted by atomic mass is 32.2. The molecule has 0 spiro atoms. The molecule has 11 heteroatoms.